The summed E-state index contributed by atoms with van der Waals surface area (Å²) in [6.45, 7) is 15.2. The van der Waals surface area contributed by atoms with Crippen molar-refractivity contribution >= 4 is 5.96 Å². The summed E-state index contributed by atoms with van der Waals surface area (Å²) >= 11 is 0. The lowest BCUT2D eigenvalue weighted by Crippen LogP contribution is -2.51. The first-order valence-corrected chi connectivity index (χ1v) is 8.36. The first-order chi connectivity index (χ1) is 10.1. The van der Waals surface area contributed by atoms with Gasteiger partial charge in [0.05, 0.1) is 13.2 Å². The second-order valence-electron chi connectivity index (χ2n) is 6.79. The van der Waals surface area contributed by atoms with E-state index in [2.05, 4.69) is 40.9 Å². The molecule has 2 aliphatic rings. The lowest BCUT2D eigenvalue weighted by molar-refractivity contribution is -0.0972. The summed E-state index contributed by atoms with van der Waals surface area (Å²) in [5, 5.41) is 3.54. The number of nitrogens with zero attached hydrogens (tertiary/aromatic N) is 3. The zero-order chi connectivity index (χ0) is 15.3. The first-order valence-electron chi connectivity index (χ1n) is 8.36. The van der Waals surface area contributed by atoms with Gasteiger partial charge in [-0.05, 0) is 25.4 Å². The van der Waals surface area contributed by atoms with Crippen molar-refractivity contribution in [2.45, 2.75) is 27.2 Å². The molecule has 0 aliphatic carbocycles. The summed E-state index contributed by atoms with van der Waals surface area (Å²) < 4.78 is 5.32. The maximum Gasteiger partial charge on any atom is 0.193 e. The Morgan fingerprint density at radius 1 is 1.38 bits per heavy atom. The Hall–Kier alpha value is -0.810. The van der Waals surface area contributed by atoms with Crippen LogP contribution < -0.4 is 5.32 Å². The van der Waals surface area contributed by atoms with Crippen molar-refractivity contribution in [1.29, 1.82) is 0 Å². The molecule has 0 aromatic carbocycles. The molecule has 2 fully saturated rings. The van der Waals surface area contributed by atoms with Crippen molar-refractivity contribution in [1.82, 2.24) is 15.1 Å². The summed E-state index contributed by atoms with van der Waals surface area (Å²) in [4.78, 5) is 9.40. The highest BCUT2D eigenvalue weighted by Gasteiger charge is 2.34. The van der Waals surface area contributed by atoms with Gasteiger partial charge in [0.15, 0.2) is 5.96 Å². The Morgan fingerprint density at radius 3 is 2.62 bits per heavy atom. The van der Waals surface area contributed by atoms with Crippen LogP contribution in [-0.2, 0) is 4.74 Å². The average molecular weight is 296 g/mol. The summed E-state index contributed by atoms with van der Waals surface area (Å²) in [5.74, 6) is 1.83. The van der Waals surface area contributed by atoms with Gasteiger partial charge in [-0.1, -0.05) is 20.8 Å². The van der Waals surface area contributed by atoms with E-state index in [-0.39, 0.29) is 5.41 Å². The molecule has 0 radical (unpaired) electrons. The fourth-order valence-electron chi connectivity index (χ4n) is 3.20. The molecule has 1 N–H and O–H groups in total. The van der Waals surface area contributed by atoms with Gasteiger partial charge in [-0.15, -0.1) is 0 Å². The van der Waals surface area contributed by atoms with Gasteiger partial charge in [0, 0.05) is 38.6 Å². The average Bonchev–Trinajstić information content (AvgIpc) is 2.92. The van der Waals surface area contributed by atoms with Crippen LogP contribution >= 0.6 is 0 Å². The summed E-state index contributed by atoms with van der Waals surface area (Å²) in [6.07, 6.45) is 1.28. The minimum atomic E-state index is 0.288. The topological polar surface area (TPSA) is 40.1 Å². The first kappa shape index (κ1) is 16.6. The highest BCUT2D eigenvalue weighted by molar-refractivity contribution is 5.80. The van der Waals surface area contributed by atoms with Gasteiger partial charge in [0.25, 0.3) is 0 Å². The van der Waals surface area contributed by atoms with Crippen LogP contribution in [0.4, 0.5) is 0 Å². The molecule has 0 aromatic heterocycles. The van der Waals surface area contributed by atoms with Crippen LogP contribution in [0.3, 0.4) is 0 Å². The van der Waals surface area contributed by atoms with Crippen LogP contribution in [0.5, 0.6) is 0 Å². The quantitative estimate of drug-likeness (QED) is 0.592. The van der Waals surface area contributed by atoms with Gasteiger partial charge in [-0.25, -0.2) is 0 Å². The van der Waals surface area contributed by atoms with E-state index in [9.17, 15) is 0 Å². The van der Waals surface area contributed by atoms with Crippen LogP contribution in [0.1, 0.15) is 27.2 Å². The number of guanidine groups is 1. The molecule has 2 aliphatic heterocycles. The van der Waals surface area contributed by atoms with E-state index in [1.165, 1.54) is 13.0 Å². The largest absolute Gasteiger partial charge is 0.380 e. The Bertz CT molecular complexity index is 350. The molecule has 21 heavy (non-hydrogen) atoms. The molecule has 0 amide bonds. The van der Waals surface area contributed by atoms with E-state index >= 15 is 0 Å². The molecule has 5 heteroatoms. The number of likely N-dealkylation sites (tertiary alicyclic amines) is 1. The molecule has 0 aromatic rings. The van der Waals surface area contributed by atoms with E-state index in [1.54, 1.807) is 0 Å². The van der Waals surface area contributed by atoms with Gasteiger partial charge >= 0.3 is 0 Å². The van der Waals surface area contributed by atoms with Crippen LogP contribution in [0.2, 0.25) is 0 Å². The third-order valence-corrected chi connectivity index (χ3v) is 4.78. The normalized spacial score (nSPS) is 25.3. The van der Waals surface area contributed by atoms with Crippen LogP contribution in [0.25, 0.3) is 0 Å². The number of rotatable bonds is 6. The zero-order valence-corrected chi connectivity index (χ0v) is 14.2. The molecule has 1 atom stereocenters. The third-order valence-electron chi connectivity index (χ3n) is 4.78. The minimum Gasteiger partial charge on any atom is -0.380 e. The molecule has 0 saturated carbocycles. The summed E-state index contributed by atoms with van der Waals surface area (Å²) in [7, 11) is 1.89. The molecule has 2 saturated heterocycles. The fraction of sp³-hybridized carbons (Fsp3) is 0.938. The van der Waals surface area contributed by atoms with E-state index in [0.29, 0.717) is 0 Å². The van der Waals surface area contributed by atoms with Gasteiger partial charge in [-0.3, -0.25) is 4.99 Å². The maximum atomic E-state index is 5.32. The number of nitrogens with one attached hydrogen (secondary N) is 1. The Morgan fingerprint density at radius 2 is 2.10 bits per heavy atom. The second kappa shape index (κ2) is 7.45. The van der Waals surface area contributed by atoms with Crippen LogP contribution in [0, 0.1) is 11.3 Å². The highest BCUT2D eigenvalue weighted by Crippen LogP contribution is 2.25. The second-order valence-corrected chi connectivity index (χ2v) is 6.79. The molecule has 1 unspecified atom stereocenters. The minimum absolute atomic E-state index is 0.288. The van der Waals surface area contributed by atoms with Gasteiger partial charge in [0.1, 0.15) is 0 Å². The number of hydrogen-bond acceptors (Lipinski definition) is 3. The van der Waals surface area contributed by atoms with E-state index in [1.807, 2.05) is 7.05 Å². The van der Waals surface area contributed by atoms with E-state index < -0.39 is 0 Å². The lowest BCUT2D eigenvalue weighted by atomic mass is 9.89. The molecular formula is C16H32N4O. The van der Waals surface area contributed by atoms with Crippen LogP contribution in [-0.4, -0.2) is 75.3 Å². The number of aliphatic imine (C=N–C) groups is 1. The molecular weight excluding hydrogens is 264 g/mol. The molecule has 0 spiro atoms. The molecule has 2 rings (SSSR count). The van der Waals surface area contributed by atoms with Crippen molar-refractivity contribution in [3.8, 4) is 0 Å². The molecule has 2 heterocycles. The smallest absolute Gasteiger partial charge is 0.193 e. The SMILES string of the molecule is CCN(CC)CC1CCN(C(=NC)NCC2(C)COC2)C1. The lowest BCUT2D eigenvalue weighted by Gasteiger charge is -2.39. The molecule has 122 valence electrons. The van der Waals surface area contributed by atoms with Crippen molar-refractivity contribution in [3.63, 3.8) is 0 Å². The van der Waals surface area contributed by atoms with Gasteiger partial charge in [0.2, 0.25) is 0 Å². The standard InChI is InChI=1S/C16H32N4O/c1-5-19(6-2)9-14-7-8-20(10-14)15(17-4)18-11-16(3)12-21-13-16/h14H,5-13H2,1-4H3,(H,17,18). The van der Waals surface area contributed by atoms with Crippen LogP contribution in [0.15, 0.2) is 4.99 Å². The zero-order valence-electron chi connectivity index (χ0n) is 14.2. The highest BCUT2D eigenvalue weighted by atomic mass is 16.5. The van der Waals surface area contributed by atoms with Crippen molar-refractivity contribution in [2.75, 3.05) is 59.5 Å². The predicted molar refractivity (Wildman–Crippen MR) is 87.8 cm³/mol. The Balaban J connectivity index is 1.78. The van der Waals surface area contributed by atoms with E-state index in [0.717, 1.165) is 57.8 Å². The molecule has 0 bridgehead atoms. The summed E-state index contributed by atoms with van der Waals surface area (Å²) in [6, 6.07) is 0. The fourth-order valence-corrected chi connectivity index (χ4v) is 3.20. The van der Waals surface area contributed by atoms with E-state index in [4.69, 9.17) is 4.74 Å². The Kier molecular flexibility index (Phi) is 5.88. The predicted octanol–water partition coefficient (Wildman–Crippen LogP) is 1.26. The Labute approximate surface area is 129 Å². The van der Waals surface area contributed by atoms with Crippen molar-refractivity contribution in [3.05, 3.63) is 0 Å². The van der Waals surface area contributed by atoms with Crippen molar-refractivity contribution < 1.29 is 4.74 Å². The van der Waals surface area contributed by atoms with Gasteiger partial charge < -0.3 is 19.9 Å². The monoisotopic (exact) mass is 296 g/mol. The third kappa shape index (κ3) is 4.33. The number of hydrogen-bond donors (Lipinski definition) is 1. The maximum absolute atomic E-state index is 5.32. The van der Waals surface area contributed by atoms with Crippen molar-refractivity contribution in [2.24, 2.45) is 16.3 Å². The number of ether oxygens (including phenoxy) is 1. The molecule has 5 nitrogen and oxygen atoms in total. The summed E-state index contributed by atoms with van der Waals surface area (Å²) in [5.41, 5.74) is 0.288. The van der Waals surface area contributed by atoms with Gasteiger partial charge in [-0.2, -0.15) is 0 Å².